The summed E-state index contributed by atoms with van der Waals surface area (Å²) in [6, 6.07) is 15.2. The minimum atomic E-state index is -0.523. The lowest BCUT2D eigenvalue weighted by Gasteiger charge is -2.33. The van der Waals surface area contributed by atoms with E-state index in [-0.39, 0.29) is 11.4 Å². The number of aromatic nitrogens is 2. The van der Waals surface area contributed by atoms with Crippen LogP contribution in [0, 0.1) is 5.41 Å². The number of ether oxygens (including phenoxy) is 3. The highest BCUT2D eigenvalue weighted by Crippen LogP contribution is 2.34. The van der Waals surface area contributed by atoms with Crippen LogP contribution in [0.5, 0.6) is 5.75 Å². The molecule has 0 radical (unpaired) electrons. The van der Waals surface area contributed by atoms with E-state index in [9.17, 15) is 9.59 Å². The zero-order chi connectivity index (χ0) is 36.8. The average Bonchev–Trinajstić information content (AvgIpc) is 3.76. The van der Waals surface area contributed by atoms with Crippen LogP contribution in [0.4, 0.5) is 0 Å². The summed E-state index contributed by atoms with van der Waals surface area (Å²) >= 11 is 12.8. The number of nitrogens with zero attached hydrogens (tertiary/aromatic N) is 1. The minimum absolute atomic E-state index is 0.0155. The number of nitrogens with one attached hydrogen (secondary N) is 3. The molecule has 2 fully saturated rings. The van der Waals surface area contributed by atoms with Gasteiger partial charge in [0.25, 0.3) is 0 Å². The number of halogens is 2. The van der Waals surface area contributed by atoms with Crippen LogP contribution < -0.4 is 15.5 Å². The van der Waals surface area contributed by atoms with E-state index in [2.05, 4.69) is 34.0 Å². The molecule has 274 valence electrons. The summed E-state index contributed by atoms with van der Waals surface area (Å²) in [4.78, 5) is 32.4. The number of fused-ring (bicyclic) bond motifs is 2. The van der Waals surface area contributed by atoms with Gasteiger partial charge in [-0.1, -0.05) is 55.2 Å². The highest BCUT2D eigenvalue weighted by atomic mass is 35.5. The summed E-state index contributed by atoms with van der Waals surface area (Å²) in [5.41, 5.74) is 5.05. The van der Waals surface area contributed by atoms with Gasteiger partial charge in [0, 0.05) is 102 Å². The Labute approximate surface area is 313 Å². The zero-order valence-electron chi connectivity index (χ0n) is 29.8. The molecule has 2 saturated heterocycles. The molecule has 0 amide bonds. The maximum Gasteiger partial charge on any atom is 0.495 e. The van der Waals surface area contributed by atoms with Crippen molar-refractivity contribution in [1.29, 1.82) is 0 Å². The molecule has 0 spiro atoms. The smallest absolute Gasteiger partial charge is 0.494 e. The first-order valence-electron chi connectivity index (χ1n) is 17.2. The predicted octanol–water partition coefficient (Wildman–Crippen LogP) is 6.33. The third-order valence-corrected chi connectivity index (χ3v) is 9.79. The van der Waals surface area contributed by atoms with Crippen LogP contribution >= 0.6 is 23.2 Å². The molecule has 0 saturated carbocycles. The van der Waals surface area contributed by atoms with Gasteiger partial charge in [-0.3, -0.25) is 0 Å². The number of rotatable bonds is 9. The van der Waals surface area contributed by atoms with Crippen molar-refractivity contribution >= 4 is 69.5 Å². The summed E-state index contributed by atoms with van der Waals surface area (Å²) in [6.45, 7) is 11.5. The van der Waals surface area contributed by atoms with Gasteiger partial charge in [-0.2, -0.15) is 0 Å². The van der Waals surface area contributed by atoms with Crippen molar-refractivity contribution in [1.82, 2.24) is 20.2 Å². The van der Waals surface area contributed by atoms with E-state index in [1.54, 1.807) is 18.5 Å². The number of esters is 2. The third kappa shape index (κ3) is 8.77. The Bertz CT molecular complexity index is 2020. The first-order valence-corrected chi connectivity index (χ1v) is 18.0. The molecule has 14 heteroatoms. The maximum absolute atomic E-state index is 12.0. The quantitative estimate of drug-likeness (QED) is 0.0902. The van der Waals surface area contributed by atoms with E-state index >= 15 is 0 Å². The molecule has 7 rings (SSSR count). The highest BCUT2D eigenvalue weighted by molar-refractivity contribution is 6.65. The number of H-pyrrole nitrogens is 2. The Morgan fingerprint density at radius 2 is 1.42 bits per heavy atom. The lowest BCUT2D eigenvalue weighted by Crippen LogP contribution is -2.47. The van der Waals surface area contributed by atoms with Crippen LogP contribution in [0.25, 0.3) is 32.9 Å². The zero-order valence-corrected chi connectivity index (χ0v) is 31.3. The number of methoxy groups -OCH3 is 2. The molecule has 5 aromatic rings. The second-order valence-electron chi connectivity index (χ2n) is 13.6. The number of aromatic amines is 2. The molecular formula is C38H43BCl2N4O7. The molecule has 52 heavy (non-hydrogen) atoms. The predicted molar refractivity (Wildman–Crippen MR) is 205 cm³/mol. The fourth-order valence-corrected chi connectivity index (χ4v) is 6.80. The topological polar surface area (TPSA) is 127 Å². The molecule has 0 aliphatic carbocycles. The second-order valence-corrected chi connectivity index (χ2v) is 14.4. The van der Waals surface area contributed by atoms with Crippen molar-refractivity contribution in [3.8, 4) is 16.9 Å². The molecule has 2 aliphatic rings. The van der Waals surface area contributed by atoms with Crippen molar-refractivity contribution in [2.75, 3.05) is 66.8 Å². The minimum Gasteiger partial charge on any atom is -0.494 e. The maximum atomic E-state index is 12.0. The van der Waals surface area contributed by atoms with Crippen molar-refractivity contribution < 1.29 is 33.1 Å². The molecule has 3 aromatic carbocycles. The van der Waals surface area contributed by atoms with Gasteiger partial charge < -0.3 is 43.7 Å². The van der Waals surface area contributed by atoms with Crippen LogP contribution in [-0.2, 0) is 18.8 Å². The van der Waals surface area contributed by atoms with Crippen molar-refractivity contribution in [3.63, 3.8) is 0 Å². The highest BCUT2D eigenvalue weighted by Gasteiger charge is 2.35. The van der Waals surface area contributed by atoms with E-state index in [0.717, 1.165) is 83.3 Å². The van der Waals surface area contributed by atoms with Gasteiger partial charge in [-0.25, -0.2) is 9.59 Å². The fourth-order valence-electron chi connectivity index (χ4n) is 6.28. The number of carbonyl (C=O) groups excluding carboxylic acids is 2. The summed E-state index contributed by atoms with van der Waals surface area (Å²) in [6.07, 6.45) is 4.27. The lowest BCUT2D eigenvalue weighted by atomic mass is 9.75. The molecule has 2 aliphatic heterocycles. The van der Waals surface area contributed by atoms with Crippen LogP contribution in [0.1, 0.15) is 41.0 Å². The van der Waals surface area contributed by atoms with Crippen molar-refractivity contribution in [3.05, 3.63) is 82.1 Å². The number of benzene rings is 3. The molecule has 2 aromatic heterocycles. The van der Waals surface area contributed by atoms with Gasteiger partial charge in [0.2, 0.25) is 0 Å². The molecule has 3 N–H and O–H groups in total. The monoisotopic (exact) mass is 748 g/mol. The summed E-state index contributed by atoms with van der Waals surface area (Å²) in [5, 5.41) is 6.05. The molecule has 0 bridgehead atoms. The Balaban J connectivity index is 0.000000187. The van der Waals surface area contributed by atoms with Crippen LogP contribution in [-0.4, -0.2) is 101 Å². The van der Waals surface area contributed by atoms with Gasteiger partial charge in [0.15, 0.2) is 0 Å². The van der Waals surface area contributed by atoms with Gasteiger partial charge in [-0.05, 0) is 42.3 Å². The summed E-state index contributed by atoms with van der Waals surface area (Å²) in [7, 11) is 2.21. The van der Waals surface area contributed by atoms with Gasteiger partial charge in [0.05, 0.1) is 37.0 Å². The number of carbonyl (C=O) groups is 2. The molecule has 11 nitrogen and oxygen atoms in total. The molecule has 0 unspecified atom stereocenters. The van der Waals surface area contributed by atoms with E-state index in [4.69, 9.17) is 46.7 Å². The third-order valence-electron chi connectivity index (χ3n) is 9.15. The summed E-state index contributed by atoms with van der Waals surface area (Å²) in [5.74, 6) is 0.0679. The first-order chi connectivity index (χ1) is 25.1. The molecule has 0 atom stereocenters. The van der Waals surface area contributed by atoms with Crippen LogP contribution in [0.2, 0.25) is 10.0 Å². The Hall–Kier alpha value is -4.04. The Morgan fingerprint density at radius 1 is 0.846 bits per heavy atom. The summed E-state index contributed by atoms with van der Waals surface area (Å²) < 4.78 is 27.1. The van der Waals surface area contributed by atoms with E-state index in [0.29, 0.717) is 41.0 Å². The lowest BCUT2D eigenvalue weighted by molar-refractivity contribution is 0.0343. The standard InChI is InChI=1S/C23H26ClN3O3.C15H17BClNO4/c1-29-23(28)20-15-26-22-14-21(24)18(13-19(20)22)16-3-5-17(6-4-16)30-12-2-9-27-10-7-25-8-11-27;1-15(2)7-21-16(22-8-15)11-4-9-10(14(19)20-3)6-18-13(9)5-12(11)17/h3-6,13-15,25-26H,2,7-12H2,1H3;4-6,18H,7-8H2,1-3H3. The van der Waals surface area contributed by atoms with Gasteiger partial charge in [-0.15, -0.1) is 0 Å². The Kier molecular flexibility index (Phi) is 12.1. The normalized spacial score (nSPS) is 16.0. The SMILES string of the molecule is COC(=O)c1c[nH]c2cc(Cl)c(-c3ccc(OCCCN4CCNCC4)cc3)cc12.COC(=O)c1c[nH]c2cc(Cl)c(B3OCC(C)(C)CO3)cc12. The number of hydrogen-bond acceptors (Lipinski definition) is 9. The van der Waals surface area contributed by atoms with E-state index < -0.39 is 13.1 Å². The second kappa shape index (κ2) is 16.8. The molecule has 4 heterocycles. The average molecular weight is 750 g/mol. The van der Waals surface area contributed by atoms with Crippen LogP contribution in [0.15, 0.2) is 60.9 Å². The van der Waals surface area contributed by atoms with Crippen molar-refractivity contribution in [2.24, 2.45) is 5.41 Å². The number of hydrogen-bond donors (Lipinski definition) is 3. The fraction of sp³-hybridized carbons (Fsp3) is 0.368. The van der Waals surface area contributed by atoms with E-state index in [1.165, 1.54) is 14.2 Å². The molecular weight excluding hydrogens is 706 g/mol. The number of piperazine rings is 1. The van der Waals surface area contributed by atoms with Crippen LogP contribution in [0.3, 0.4) is 0 Å². The van der Waals surface area contributed by atoms with Gasteiger partial charge >= 0.3 is 19.1 Å². The van der Waals surface area contributed by atoms with E-state index in [1.807, 2.05) is 42.5 Å². The van der Waals surface area contributed by atoms with Crippen molar-refractivity contribution in [2.45, 2.75) is 20.3 Å². The first kappa shape index (κ1) is 37.7. The van der Waals surface area contributed by atoms with Gasteiger partial charge in [0.1, 0.15) is 5.75 Å². The largest absolute Gasteiger partial charge is 0.495 e. The Morgan fingerprint density at radius 3 is 2.02 bits per heavy atom.